The molecule has 0 radical (unpaired) electrons. The number of fused-ring (bicyclic) bond motifs is 1. The Balaban J connectivity index is 1.71. The van der Waals surface area contributed by atoms with Crippen LogP contribution in [0.4, 0.5) is 5.69 Å². The molecule has 0 saturated heterocycles. The van der Waals surface area contributed by atoms with Crippen molar-refractivity contribution in [3.05, 3.63) is 100 Å². The van der Waals surface area contributed by atoms with E-state index in [-0.39, 0.29) is 12.3 Å². The lowest BCUT2D eigenvalue weighted by Gasteiger charge is -2.26. The zero-order valence-corrected chi connectivity index (χ0v) is 17.8. The number of hydrogen-bond donors (Lipinski definition) is 1. The van der Waals surface area contributed by atoms with Gasteiger partial charge in [0.15, 0.2) is 0 Å². The Morgan fingerprint density at radius 1 is 0.839 bits per heavy atom. The highest BCUT2D eigenvalue weighted by molar-refractivity contribution is 6.23. The van der Waals surface area contributed by atoms with Crippen LogP contribution in [0.1, 0.15) is 43.0 Å². The number of anilines is 1. The van der Waals surface area contributed by atoms with Gasteiger partial charge in [-0.05, 0) is 49.6 Å². The molecule has 3 aromatic rings. The number of imide groups is 1. The van der Waals surface area contributed by atoms with Gasteiger partial charge in [-0.1, -0.05) is 60.2 Å². The van der Waals surface area contributed by atoms with E-state index in [0.717, 1.165) is 27.2 Å². The molecule has 0 aliphatic carbocycles. The van der Waals surface area contributed by atoms with Gasteiger partial charge in [-0.3, -0.25) is 19.3 Å². The molecule has 4 rings (SSSR count). The molecule has 1 aliphatic rings. The minimum absolute atomic E-state index is 0.238. The number of hydrogen-bond acceptors (Lipinski definition) is 3. The Kier molecular flexibility index (Phi) is 5.42. The average molecular weight is 412 g/mol. The second kappa shape index (κ2) is 8.19. The zero-order chi connectivity index (χ0) is 22.1. The number of carbonyl (C=O) groups excluding carboxylic acids is 3. The fourth-order valence-electron chi connectivity index (χ4n) is 4.21. The third-order valence-corrected chi connectivity index (χ3v) is 5.64. The van der Waals surface area contributed by atoms with E-state index in [1.807, 2.05) is 63.2 Å². The van der Waals surface area contributed by atoms with Gasteiger partial charge in [0.25, 0.3) is 11.8 Å². The van der Waals surface area contributed by atoms with Gasteiger partial charge in [-0.15, -0.1) is 0 Å². The van der Waals surface area contributed by atoms with Crippen molar-refractivity contribution in [1.29, 1.82) is 0 Å². The summed E-state index contributed by atoms with van der Waals surface area (Å²) in [5, 5.41) is 2.99. The summed E-state index contributed by atoms with van der Waals surface area (Å²) in [7, 11) is 0. The van der Waals surface area contributed by atoms with Crippen LogP contribution in [0.25, 0.3) is 0 Å². The molecule has 0 bridgehead atoms. The Bertz CT molecular complexity index is 1130. The highest BCUT2D eigenvalue weighted by atomic mass is 16.2. The largest absolute Gasteiger partial charge is 0.324 e. The second-order valence-corrected chi connectivity index (χ2v) is 7.99. The number of nitrogens with one attached hydrogen (secondary N) is 1. The molecule has 1 atom stereocenters. The van der Waals surface area contributed by atoms with Gasteiger partial charge < -0.3 is 5.32 Å². The fourth-order valence-corrected chi connectivity index (χ4v) is 4.21. The summed E-state index contributed by atoms with van der Waals surface area (Å²) in [5.41, 5.74) is 5.23. The van der Waals surface area contributed by atoms with E-state index in [2.05, 4.69) is 5.32 Å². The lowest BCUT2D eigenvalue weighted by atomic mass is 10.0. The Labute approximate surface area is 181 Å². The molecule has 0 unspecified atom stereocenters. The molecule has 3 amide bonds. The van der Waals surface area contributed by atoms with Crippen LogP contribution in [0, 0.1) is 20.8 Å². The first kappa shape index (κ1) is 20.5. The third-order valence-electron chi connectivity index (χ3n) is 5.64. The lowest BCUT2D eigenvalue weighted by molar-refractivity contribution is -0.119. The van der Waals surface area contributed by atoms with E-state index < -0.39 is 17.9 Å². The molecule has 0 saturated carbocycles. The maximum Gasteiger partial charge on any atom is 0.262 e. The summed E-state index contributed by atoms with van der Waals surface area (Å²) in [4.78, 5) is 40.8. The van der Waals surface area contributed by atoms with Gasteiger partial charge in [0, 0.05) is 12.1 Å². The van der Waals surface area contributed by atoms with Gasteiger partial charge in [0.2, 0.25) is 5.91 Å². The first-order valence-corrected chi connectivity index (χ1v) is 10.3. The number of benzene rings is 3. The van der Waals surface area contributed by atoms with Gasteiger partial charge in [0.1, 0.15) is 6.04 Å². The normalized spacial score (nSPS) is 13.8. The summed E-state index contributed by atoms with van der Waals surface area (Å²) in [6, 6.07) is 19.1. The molecule has 31 heavy (non-hydrogen) atoms. The summed E-state index contributed by atoms with van der Waals surface area (Å²) in [6.45, 7) is 5.87. The minimum atomic E-state index is -0.963. The number of nitrogens with zero attached hydrogens (tertiary/aromatic N) is 1. The molecule has 0 fully saturated rings. The topological polar surface area (TPSA) is 66.5 Å². The summed E-state index contributed by atoms with van der Waals surface area (Å²) in [5.74, 6) is -1.25. The van der Waals surface area contributed by atoms with Crippen LogP contribution in [-0.2, 0) is 11.2 Å². The molecule has 0 spiro atoms. The van der Waals surface area contributed by atoms with Crippen LogP contribution in [0.2, 0.25) is 0 Å². The zero-order valence-electron chi connectivity index (χ0n) is 17.8. The smallest absolute Gasteiger partial charge is 0.262 e. The molecule has 1 heterocycles. The number of amides is 3. The maximum absolute atomic E-state index is 13.5. The van der Waals surface area contributed by atoms with E-state index in [9.17, 15) is 14.4 Å². The standard InChI is InChI=1S/C26H24N2O3/c1-16-13-17(2)23(18(3)14-16)27-24(29)22(15-19-9-5-4-6-10-19)28-25(30)20-11-7-8-12-21(20)26(28)31/h4-14,22H,15H2,1-3H3,(H,27,29)/t22-/m0/s1. The van der Waals surface area contributed by atoms with E-state index in [0.29, 0.717) is 16.8 Å². The van der Waals surface area contributed by atoms with Gasteiger partial charge >= 0.3 is 0 Å². The Morgan fingerprint density at radius 2 is 1.35 bits per heavy atom. The molecular formula is C26H24N2O3. The van der Waals surface area contributed by atoms with E-state index in [1.165, 1.54) is 0 Å². The van der Waals surface area contributed by atoms with Crippen molar-refractivity contribution in [2.24, 2.45) is 0 Å². The monoisotopic (exact) mass is 412 g/mol. The second-order valence-electron chi connectivity index (χ2n) is 7.99. The first-order chi connectivity index (χ1) is 14.9. The molecule has 0 aromatic heterocycles. The van der Waals surface area contributed by atoms with Crippen molar-refractivity contribution < 1.29 is 14.4 Å². The van der Waals surface area contributed by atoms with E-state index in [1.54, 1.807) is 24.3 Å². The van der Waals surface area contributed by atoms with Crippen molar-refractivity contribution in [2.45, 2.75) is 33.2 Å². The van der Waals surface area contributed by atoms with Crippen LogP contribution in [0.5, 0.6) is 0 Å². The van der Waals surface area contributed by atoms with Crippen molar-refractivity contribution in [2.75, 3.05) is 5.32 Å². The molecule has 5 nitrogen and oxygen atoms in total. The Hall–Kier alpha value is -3.73. The third kappa shape index (κ3) is 3.87. The molecular weight excluding hydrogens is 388 g/mol. The van der Waals surface area contributed by atoms with Crippen molar-refractivity contribution in [3.8, 4) is 0 Å². The summed E-state index contributed by atoms with van der Waals surface area (Å²) in [6.07, 6.45) is 0.238. The molecule has 5 heteroatoms. The number of aryl methyl sites for hydroxylation is 3. The van der Waals surface area contributed by atoms with Crippen LogP contribution in [0.15, 0.2) is 66.7 Å². The van der Waals surface area contributed by atoms with Gasteiger partial charge in [-0.25, -0.2) is 0 Å². The average Bonchev–Trinajstić information content (AvgIpc) is 3.00. The minimum Gasteiger partial charge on any atom is -0.324 e. The highest BCUT2D eigenvalue weighted by Gasteiger charge is 2.42. The highest BCUT2D eigenvalue weighted by Crippen LogP contribution is 2.28. The van der Waals surface area contributed by atoms with Crippen molar-refractivity contribution >= 4 is 23.4 Å². The lowest BCUT2D eigenvalue weighted by Crippen LogP contribution is -2.48. The van der Waals surface area contributed by atoms with Gasteiger partial charge in [0.05, 0.1) is 11.1 Å². The van der Waals surface area contributed by atoms with Crippen LogP contribution < -0.4 is 5.32 Å². The van der Waals surface area contributed by atoms with Gasteiger partial charge in [-0.2, -0.15) is 0 Å². The molecule has 156 valence electrons. The van der Waals surface area contributed by atoms with Crippen LogP contribution >= 0.6 is 0 Å². The molecule has 1 N–H and O–H groups in total. The van der Waals surface area contributed by atoms with Crippen molar-refractivity contribution in [1.82, 2.24) is 4.90 Å². The first-order valence-electron chi connectivity index (χ1n) is 10.3. The quantitative estimate of drug-likeness (QED) is 0.630. The summed E-state index contributed by atoms with van der Waals surface area (Å²) >= 11 is 0. The fraction of sp³-hybridized carbons (Fsp3) is 0.192. The number of carbonyl (C=O) groups is 3. The maximum atomic E-state index is 13.5. The van der Waals surface area contributed by atoms with E-state index in [4.69, 9.17) is 0 Å². The SMILES string of the molecule is Cc1cc(C)c(NC(=O)[C@H](Cc2ccccc2)N2C(=O)c3ccccc3C2=O)c(C)c1. The van der Waals surface area contributed by atoms with Crippen molar-refractivity contribution in [3.63, 3.8) is 0 Å². The number of rotatable bonds is 5. The predicted molar refractivity (Wildman–Crippen MR) is 120 cm³/mol. The predicted octanol–water partition coefficient (Wildman–Crippen LogP) is 4.46. The van der Waals surface area contributed by atoms with Crippen LogP contribution in [-0.4, -0.2) is 28.7 Å². The van der Waals surface area contributed by atoms with Crippen LogP contribution in [0.3, 0.4) is 0 Å². The Morgan fingerprint density at radius 3 is 1.90 bits per heavy atom. The van der Waals surface area contributed by atoms with E-state index >= 15 is 0 Å². The molecule has 3 aromatic carbocycles. The summed E-state index contributed by atoms with van der Waals surface area (Å²) < 4.78 is 0. The molecule has 1 aliphatic heterocycles.